The third kappa shape index (κ3) is 1.70. The Kier molecular flexibility index (Phi) is 2.23. The lowest BCUT2D eigenvalue weighted by molar-refractivity contribution is 0.0981. The minimum Gasteiger partial charge on any atom is -0.466 e. The Labute approximate surface area is 59.3 Å². The van der Waals surface area contributed by atoms with Crippen LogP contribution in [0.1, 0.15) is 5.69 Å². The highest BCUT2D eigenvalue weighted by Gasteiger charge is 1.89. The minimum absolute atomic E-state index is 0.301. The second-order valence-corrected chi connectivity index (χ2v) is 1.91. The van der Waals surface area contributed by atoms with Crippen LogP contribution in [0.2, 0.25) is 0 Å². The first kappa shape index (κ1) is 7.02. The van der Waals surface area contributed by atoms with Crippen LogP contribution in [0, 0.1) is 6.92 Å². The summed E-state index contributed by atoms with van der Waals surface area (Å²) in [5, 5.41) is 8.34. The third-order valence-electron chi connectivity index (χ3n) is 1.12. The number of aryl methyl sites for hydroxylation is 1. The molecule has 0 fully saturated rings. The molecule has 10 heavy (non-hydrogen) atoms. The zero-order valence-electron chi connectivity index (χ0n) is 5.74. The van der Waals surface area contributed by atoms with Crippen molar-refractivity contribution >= 4 is 0 Å². The fourth-order valence-corrected chi connectivity index (χ4v) is 0.614. The van der Waals surface area contributed by atoms with Crippen LogP contribution in [0.15, 0.2) is 18.3 Å². The van der Waals surface area contributed by atoms with E-state index in [-0.39, 0.29) is 6.79 Å². The maximum Gasteiger partial charge on any atom is 0.186 e. The standard InChI is InChI=1S/C7H9NO2/c1-6-2-3-7(4-8-6)10-5-9/h2-4,9H,5H2,1H3. The van der Waals surface area contributed by atoms with E-state index in [4.69, 9.17) is 9.84 Å². The summed E-state index contributed by atoms with van der Waals surface area (Å²) in [6.07, 6.45) is 1.57. The van der Waals surface area contributed by atoms with Crippen LogP contribution in [0.25, 0.3) is 0 Å². The maximum atomic E-state index is 8.34. The summed E-state index contributed by atoms with van der Waals surface area (Å²) < 4.78 is 4.75. The zero-order chi connectivity index (χ0) is 7.40. The van der Waals surface area contributed by atoms with Crippen LogP contribution in [0.4, 0.5) is 0 Å². The number of nitrogens with zero attached hydrogens (tertiary/aromatic N) is 1. The Morgan fingerprint density at radius 2 is 2.40 bits per heavy atom. The summed E-state index contributed by atoms with van der Waals surface area (Å²) in [7, 11) is 0. The first-order valence-corrected chi connectivity index (χ1v) is 2.99. The molecule has 1 aromatic heterocycles. The molecular weight excluding hydrogens is 130 g/mol. The van der Waals surface area contributed by atoms with Crippen molar-refractivity contribution in [2.75, 3.05) is 6.79 Å². The van der Waals surface area contributed by atoms with E-state index in [9.17, 15) is 0 Å². The Hall–Kier alpha value is -1.09. The van der Waals surface area contributed by atoms with Crippen LogP contribution in [0.3, 0.4) is 0 Å². The van der Waals surface area contributed by atoms with Gasteiger partial charge in [0, 0.05) is 5.69 Å². The Morgan fingerprint density at radius 1 is 1.60 bits per heavy atom. The first-order valence-electron chi connectivity index (χ1n) is 2.99. The molecule has 0 aliphatic rings. The molecule has 3 nitrogen and oxygen atoms in total. The molecule has 0 radical (unpaired) electrons. The number of aliphatic hydroxyl groups excluding tert-OH is 1. The molecule has 0 saturated heterocycles. The summed E-state index contributed by atoms with van der Waals surface area (Å²) in [5.74, 6) is 0.591. The SMILES string of the molecule is Cc1ccc(OCO)cn1. The van der Waals surface area contributed by atoms with Crippen molar-refractivity contribution in [1.82, 2.24) is 4.98 Å². The molecule has 0 atom stereocenters. The molecule has 3 heteroatoms. The van der Waals surface area contributed by atoms with Gasteiger partial charge in [-0.2, -0.15) is 0 Å². The van der Waals surface area contributed by atoms with Gasteiger partial charge in [0.15, 0.2) is 6.79 Å². The van der Waals surface area contributed by atoms with Crippen LogP contribution in [0.5, 0.6) is 5.75 Å². The normalized spacial score (nSPS) is 9.40. The van der Waals surface area contributed by atoms with E-state index < -0.39 is 0 Å². The van der Waals surface area contributed by atoms with Gasteiger partial charge >= 0.3 is 0 Å². The maximum absolute atomic E-state index is 8.34. The quantitative estimate of drug-likeness (QED) is 0.614. The predicted octanol–water partition coefficient (Wildman–Crippen LogP) is 0.719. The number of hydrogen-bond donors (Lipinski definition) is 1. The summed E-state index contributed by atoms with van der Waals surface area (Å²) in [6, 6.07) is 3.59. The largest absolute Gasteiger partial charge is 0.466 e. The number of aromatic nitrogens is 1. The number of ether oxygens (including phenoxy) is 1. The van der Waals surface area contributed by atoms with Gasteiger partial charge in [-0.15, -0.1) is 0 Å². The van der Waals surface area contributed by atoms with Crippen molar-refractivity contribution in [3.8, 4) is 5.75 Å². The minimum atomic E-state index is -0.301. The van der Waals surface area contributed by atoms with Gasteiger partial charge in [0.05, 0.1) is 6.20 Å². The van der Waals surface area contributed by atoms with E-state index in [1.807, 2.05) is 13.0 Å². The zero-order valence-corrected chi connectivity index (χ0v) is 5.74. The Balaban J connectivity index is 2.69. The third-order valence-corrected chi connectivity index (χ3v) is 1.12. The summed E-state index contributed by atoms with van der Waals surface area (Å²) in [4.78, 5) is 3.96. The van der Waals surface area contributed by atoms with E-state index in [2.05, 4.69) is 4.98 Å². The van der Waals surface area contributed by atoms with Crippen molar-refractivity contribution in [2.45, 2.75) is 6.92 Å². The highest BCUT2D eigenvalue weighted by atomic mass is 16.6. The molecule has 0 amide bonds. The second-order valence-electron chi connectivity index (χ2n) is 1.91. The van der Waals surface area contributed by atoms with Crippen LogP contribution >= 0.6 is 0 Å². The lowest BCUT2D eigenvalue weighted by Gasteiger charge is -1.99. The van der Waals surface area contributed by atoms with Crippen molar-refractivity contribution in [2.24, 2.45) is 0 Å². The second kappa shape index (κ2) is 3.17. The monoisotopic (exact) mass is 139 g/mol. The van der Waals surface area contributed by atoms with Crippen LogP contribution in [-0.4, -0.2) is 16.9 Å². The van der Waals surface area contributed by atoms with Crippen LogP contribution < -0.4 is 4.74 Å². The summed E-state index contributed by atoms with van der Waals surface area (Å²) in [5.41, 5.74) is 0.935. The lowest BCUT2D eigenvalue weighted by atomic mass is 10.4. The van der Waals surface area contributed by atoms with Gasteiger partial charge < -0.3 is 9.84 Å². The molecule has 0 bridgehead atoms. The molecule has 1 N–H and O–H groups in total. The highest BCUT2D eigenvalue weighted by Crippen LogP contribution is 2.07. The molecular formula is C7H9NO2. The molecule has 1 heterocycles. The number of hydrogen-bond acceptors (Lipinski definition) is 3. The molecule has 0 aliphatic carbocycles. The van der Waals surface area contributed by atoms with Gasteiger partial charge in [0.2, 0.25) is 0 Å². The number of rotatable bonds is 2. The average molecular weight is 139 g/mol. The van der Waals surface area contributed by atoms with Gasteiger partial charge in [-0.3, -0.25) is 4.98 Å². The molecule has 0 unspecified atom stereocenters. The molecule has 0 saturated carbocycles. The number of aliphatic hydroxyl groups is 1. The smallest absolute Gasteiger partial charge is 0.186 e. The lowest BCUT2D eigenvalue weighted by Crippen LogP contribution is -1.94. The van der Waals surface area contributed by atoms with E-state index >= 15 is 0 Å². The van der Waals surface area contributed by atoms with Gasteiger partial charge in [-0.1, -0.05) is 0 Å². The van der Waals surface area contributed by atoms with Crippen LogP contribution in [-0.2, 0) is 0 Å². The van der Waals surface area contributed by atoms with Gasteiger partial charge in [0.1, 0.15) is 5.75 Å². The van der Waals surface area contributed by atoms with E-state index in [1.54, 1.807) is 12.3 Å². The first-order chi connectivity index (χ1) is 4.83. The summed E-state index contributed by atoms with van der Waals surface area (Å²) >= 11 is 0. The van der Waals surface area contributed by atoms with Crippen molar-refractivity contribution in [1.29, 1.82) is 0 Å². The van der Waals surface area contributed by atoms with Gasteiger partial charge in [-0.25, -0.2) is 0 Å². The molecule has 0 aromatic carbocycles. The van der Waals surface area contributed by atoms with Crippen molar-refractivity contribution in [3.05, 3.63) is 24.0 Å². The Bertz CT molecular complexity index is 195. The molecule has 54 valence electrons. The van der Waals surface area contributed by atoms with Gasteiger partial charge in [0.25, 0.3) is 0 Å². The fraction of sp³-hybridized carbons (Fsp3) is 0.286. The Morgan fingerprint density at radius 3 is 2.90 bits per heavy atom. The molecule has 0 aliphatic heterocycles. The summed E-state index contributed by atoms with van der Waals surface area (Å²) in [6.45, 7) is 1.59. The fourth-order valence-electron chi connectivity index (χ4n) is 0.614. The van der Waals surface area contributed by atoms with E-state index in [0.717, 1.165) is 5.69 Å². The van der Waals surface area contributed by atoms with E-state index in [0.29, 0.717) is 5.75 Å². The number of pyridine rings is 1. The van der Waals surface area contributed by atoms with E-state index in [1.165, 1.54) is 0 Å². The predicted molar refractivity (Wildman–Crippen MR) is 36.7 cm³/mol. The molecule has 1 rings (SSSR count). The van der Waals surface area contributed by atoms with Gasteiger partial charge in [-0.05, 0) is 19.1 Å². The molecule has 1 aromatic rings. The molecule has 0 spiro atoms. The van der Waals surface area contributed by atoms with Crippen molar-refractivity contribution in [3.63, 3.8) is 0 Å². The average Bonchev–Trinajstić information content (AvgIpc) is 1.95. The van der Waals surface area contributed by atoms with Crippen molar-refractivity contribution < 1.29 is 9.84 Å². The highest BCUT2D eigenvalue weighted by molar-refractivity contribution is 5.18. The topological polar surface area (TPSA) is 42.4 Å².